The summed E-state index contributed by atoms with van der Waals surface area (Å²) in [6, 6.07) is 7.35. The second-order valence-corrected chi connectivity index (χ2v) is 7.00. The van der Waals surface area contributed by atoms with Crippen LogP contribution in [0.1, 0.15) is 17.4 Å². The molecule has 1 aromatic carbocycles. The number of hydrogen-bond donors (Lipinski definition) is 0. The van der Waals surface area contributed by atoms with E-state index in [-0.39, 0.29) is 11.3 Å². The highest BCUT2D eigenvalue weighted by Gasteiger charge is 2.29. The van der Waals surface area contributed by atoms with Gasteiger partial charge < -0.3 is 14.4 Å². The molecular formula is C17H21N3O3S. The molecule has 1 atom stereocenters. The molecule has 1 aliphatic rings. The van der Waals surface area contributed by atoms with Crippen LogP contribution >= 0.6 is 11.8 Å². The van der Waals surface area contributed by atoms with Crippen LogP contribution in [0.15, 0.2) is 24.3 Å². The van der Waals surface area contributed by atoms with Gasteiger partial charge in [0.1, 0.15) is 17.2 Å². The Morgan fingerprint density at radius 3 is 2.71 bits per heavy atom. The third kappa shape index (κ3) is 2.96. The zero-order chi connectivity index (χ0) is 17.3. The van der Waals surface area contributed by atoms with Gasteiger partial charge in [-0.15, -0.1) is 11.8 Å². The van der Waals surface area contributed by atoms with Gasteiger partial charge in [-0.3, -0.25) is 9.48 Å². The average Bonchev–Trinajstić information content (AvgIpc) is 3.19. The zero-order valence-corrected chi connectivity index (χ0v) is 15.1. The van der Waals surface area contributed by atoms with Gasteiger partial charge in [0, 0.05) is 24.9 Å². The molecule has 0 aliphatic carbocycles. The van der Waals surface area contributed by atoms with Crippen molar-refractivity contribution >= 4 is 17.7 Å². The summed E-state index contributed by atoms with van der Waals surface area (Å²) < 4.78 is 12.3. The van der Waals surface area contributed by atoms with Crippen LogP contribution in [0.4, 0.5) is 0 Å². The van der Waals surface area contributed by atoms with E-state index in [0.29, 0.717) is 22.9 Å². The number of ether oxygens (including phenoxy) is 2. The summed E-state index contributed by atoms with van der Waals surface area (Å²) in [7, 11) is 5.02. The van der Waals surface area contributed by atoms with Crippen molar-refractivity contribution in [1.82, 2.24) is 14.7 Å². The minimum absolute atomic E-state index is 0.00983. The van der Waals surface area contributed by atoms with Gasteiger partial charge in [-0.1, -0.05) is 0 Å². The van der Waals surface area contributed by atoms with E-state index >= 15 is 0 Å². The fourth-order valence-corrected chi connectivity index (χ4v) is 3.84. The highest BCUT2D eigenvalue weighted by molar-refractivity contribution is 8.00. The van der Waals surface area contributed by atoms with Crippen molar-refractivity contribution in [1.29, 1.82) is 0 Å². The molecule has 128 valence electrons. The minimum atomic E-state index is 0.00983. The van der Waals surface area contributed by atoms with E-state index in [2.05, 4.69) is 12.0 Å². The van der Waals surface area contributed by atoms with Crippen molar-refractivity contribution in [3.8, 4) is 22.8 Å². The lowest BCUT2D eigenvalue weighted by Gasteiger charge is -2.20. The van der Waals surface area contributed by atoms with Gasteiger partial charge >= 0.3 is 0 Å². The lowest BCUT2D eigenvalue weighted by atomic mass is 10.1. The number of nitrogens with zero attached hydrogens (tertiary/aromatic N) is 3. The summed E-state index contributed by atoms with van der Waals surface area (Å²) in [5, 5.41) is 4.71. The number of carbonyl (C=O) groups is 1. The number of aromatic nitrogens is 2. The number of benzene rings is 1. The van der Waals surface area contributed by atoms with Crippen molar-refractivity contribution in [2.75, 3.05) is 26.5 Å². The second-order valence-electron chi connectivity index (χ2n) is 5.57. The largest absolute Gasteiger partial charge is 0.497 e. The topological polar surface area (TPSA) is 56.6 Å². The molecule has 0 spiro atoms. The maximum Gasteiger partial charge on any atom is 0.273 e. The Morgan fingerprint density at radius 1 is 1.29 bits per heavy atom. The number of aryl methyl sites for hydroxylation is 1. The highest BCUT2D eigenvalue weighted by atomic mass is 32.2. The lowest BCUT2D eigenvalue weighted by molar-refractivity contribution is 0.0757. The normalized spacial score (nSPS) is 17.2. The summed E-state index contributed by atoms with van der Waals surface area (Å²) in [6.45, 7) is 2.82. The number of rotatable bonds is 4. The molecule has 1 unspecified atom stereocenters. The van der Waals surface area contributed by atoms with Gasteiger partial charge in [0.05, 0.1) is 25.3 Å². The standard InChI is InChI=1S/C17H21N3O3S/c1-11-20(7-8-24-11)17(21)15-10-14(18-19(15)2)13-9-12(22-3)5-6-16(13)23-4/h5-6,9-11H,7-8H2,1-4H3. The first kappa shape index (κ1) is 16.7. The highest BCUT2D eigenvalue weighted by Crippen LogP contribution is 2.33. The van der Waals surface area contributed by atoms with Gasteiger partial charge in [-0.25, -0.2) is 0 Å². The molecule has 0 N–H and O–H groups in total. The van der Waals surface area contributed by atoms with E-state index in [1.807, 2.05) is 29.2 Å². The second kappa shape index (κ2) is 6.76. The van der Waals surface area contributed by atoms with E-state index in [0.717, 1.165) is 17.9 Å². The molecular weight excluding hydrogens is 326 g/mol. The van der Waals surface area contributed by atoms with Crippen LogP contribution < -0.4 is 9.47 Å². The molecule has 0 bridgehead atoms. The summed E-state index contributed by atoms with van der Waals surface area (Å²) in [6.07, 6.45) is 0. The average molecular weight is 347 g/mol. The van der Waals surface area contributed by atoms with Crippen LogP contribution in [0.2, 0.25) is 0 Å². The Kier molecular flexibility index (Phi) is 4.71. The lowest BCUT2D eigenvalue weighted by Crippen LogP contribution is -2.34. The molecule has 6 nitrogen and oxygen atoms in total. The number of carbonyl (C=O) groups excluding carboxylic acids is 1. The maximum absolute atomic E-state index is 12.8. The Bertz CT molecular complexity index is 760. The van der Waals surface area contributed by atoms with E-state index in [1.54, 1.807) is 37.7 Å². The molecule has 1 saturated heterocycles. The van der Waals surface area contributed by atoms with E-state index in [9.17, 15) is 4.79 Å². The van der Waals surface area contributed by atoms with Gasteiger partial charge in [-0.05, 0) is 31.2 Å². The van der Waals surface area contributed by atoms with Crippen molar-refractivity contribution in [3.05, 3.63) is 30.0 Å². The van der Waals surface area contributed by atoms with Crippen LogP contribution in [0.5, 0.6) is 11.5 Å². The Labute approximate surface area is 145 Å². The van der Waals surface area contributed by atoms with Crippen LogP contribution in [0.25, 0.3) is 11.3 Å². The first-order chi connectivity index (χ1) is 11.5. The predicted molar refractivity (Wildman–Crippen MR) is 94.7 cm³/mol. The maximum atomic E-state index is 12.8. The van der Waals surface area contributed by atoms with Crippen molar-refractivity contribution in [3.63, 3.8) is 0 Å². The fourth-order valence-electron chi connectivity index (χ4n) is 2.82. The zero-order valence-electron chi connectivity index (χ0n) is 14.3. The van der Waals surface area contributed by atoms with E-state index in [4.69, 9.17) is 9.47 Å². The Balaban J connectivity index is 1.98. The summed E-state index contributed by atoms with van der Waals surface area (Å²) in [5.74, 6) is 2.39. The van der Waals surface area contributed by atoms with Crippen LogP contribution in [0, 0.1) is 0 Å². The smallest absolute Gasteiger partial charge is 0.273 e. The molecule has 24 heavy (non-hydrogen) atoms. The molecule has 7 heteroatoms. The quantitative estimate of drug-likeness (QED) is 0.851. The molecule has 0 radical (unpaired) electrons. The molecule has 1 fully saturated rings. The molecule has 3 rings (SSSR count). The molecule has 2 aromatic rings. The molecule has 0 saturated carbocycles. The number of methoxy groups -OCH3 is 2. The molecule has 2 heterocycles. The SMILES string of the molecule is COc1ccc(OC)c(-c2cc(C(=O)N3CCSC3C)n(C)n2)c1. The number of hydrogen-bond acceptors (Lipinski definition) is 5. The Morgan fingerprint density at radius 2 is 2.08 bits per heavy atom. The molecule has 1 aromatic heterocycles. The fraction of sp³-hybridized carbons (Fsp3) is 0.412. The first-order valence-electron chi connectivity index (χ1n) is 7.74. The van der Waals surface area contributed by atoms with E-state index < -0.39 is 0 Å². The Hall–Kier alpha value is -2.15. The van der Waals surface area contributed by atoms with Gasteiger partial charge in [0.15, 0.2) is 0 Å². The monoisotopic (exact) mass is 347 g/mol. The number of thioether (sulfide) groups is 1. The van der Waals surface area contributed by atoms with Gasteiger partial charge in [0.25, 0.3) is 5.91 Å². The van der Waals surface area contributed by atoms with Crippen molar-refractivity contribution in [2.24, 2.45) is 7.05 Å². The summed E-state index contributed by atoms with van der Waals surface area (Å²) >= 11 is 1.79. The summed E-state index contributed by atoms with van der Waals surface area (Å²) in [4.78, 5) is 14.7. The van der Waals surface area contributed by atoms with Crippen LogP contribution in [-0.4, -0.2) is 52.5 Å². The first-order valence-corrected chi connectivity index (χ1v) is 8.79. The van der Waals surface area contributed by atoms with Gasteiger partial charge in [0.2, 0.25) is 0 Å². The van der Waals surface area contributed by atoms with Crippen LogP contribution in [-0.2, 0) is 7.05 Å². The third-order valence-electron chi connectivity index (χ3n) is 4.17. The predicted octanol–water partition coefficient (Wildman–Crippen LogP) is 2.64. The van der Waals surface area contributed by atoms with Crippen LogP contribution in [0.3, 0.4) is 0 Å². The molecule has 1 aliphatic heterocycles. The summed E-state index contributed by atoms with van der Waals surface area (Å²) in [5.41, 5.74) is 2.07. The van der Waals surface area contributed by atoms with Crippen molar-refractivity contribution in [2.45, 2.75) is 12.3 Å². The van der Waals surface area contributed by atoms with Crippen molar-refractivity contribution < 1.29 is 14.3 Å². The van der Waals surface area contributed by atoms with Gasteiger partial charge in [-0.2, -0.15) is 5.10 Å². The third-order valence-corrected chi connectivity index (χ3v) is 5.33. The minimum Gasteiger partial charge on any atom is -0.497 e. The van der Waals surface area contributed by atoms with E-state index in [1.165, 1.54) is 0 Å². The molecule has 1 amide bonds. The number of amides is 1.